The molecule has 136 valence electrons. The second kappa shape index (κ2) is 7.79. The third kappa shape index (κ3) is 4.67. The molecular formula is C17H16N2O6S. The van der Waals surface area contributed by atoms with Gasteiger partial charge in [0.25, 0.3) is 5.69 Å². The van der Waals surface area contributed by atoms with E-state index in [0.717, 1.165) is 6.08 Å². The van der Waals surface area contributed by atoms with Crippen molar-refractivity contribution >= 4 is 33.2 Å². The first-order chi connectivity index (χ1) is 12.2. The van der Waals surface area contributed by atoms with Crippen LogP contribution in [0.2, 0.25) is 0 Å². The number of aromatic hydroxyl groups is 1. The van der Waals surface area contributed by atoms with Crippen LogP contribution in [0.15, 0.2) is 53.4 Å². The maximum absolute atomic E-state index is 12.0. The van der Waals surface area contributed by atoms with Crippen molar-refractivity contribution in [2.75, 3.05) is 11.1 Å². The van der Waals surface area contributed by atoms with E-state index in [2.05, 4.69) is 5.32 Å². The number of rotatable bonds is 6. The van der Waals surface area contributed by atoms with Crippen LogP contribution in [0.3, 0.4) is 0 Å². The van der Waals surface area contributed by atoms with Crippen LogP contribution in [0.25, 0.3) is 6.08 Å². The molecule has 0 saturated carbocycles. The van der Waals surface area contributed by atoms with Crippen LogP contribution in [0.1, 0.15) is 12.5 Å². The molecule has 0 aromatic heterocycles. The maximum Gasteiger partial charge on any atom is 0.270 e. The van der Waals surface area contributed by atoms with Crippen molar-refractivity contribution in [1.29, 1.82) is 0 Å². The highest BCUT2D eigenvalue weighted by molar-refractivity contribution is 7.91. The predicted molar refractivity (Wildman–Crippen MR) is 96.6 cm³/mol. The van der Waals surface area contributed by atoms with Gasteiger partial charge in [-0.15, -0.1) is 0 Å². The molecule has 1 amide bonds. The van der Waals surface area contributed by atoms with Crippen molar-refractivity contribution in [3.63, 3.8) is 0 Å². The van der Waals surface area contributed by atoms with Gasteiger partial charge in [-0.1, -0.05) is 19.1 Å². The van der Waals surface area contributed by atoms with E-state index in [0.29, 0.717) is 5.56 Å². The lowest BCUT2D eigenvalue weighted by Crippen LogP contribution is -2.10. The van der Waals surface area contributed by atoms with Crippen LogP contribution < -0.4 is 5.32 Å². The normalized spacial score (nSPS) is 11.4. The van der Waals surface area contributed by atoms with Gasteiger partial charge in [0.15, 0.2) is 9.84 Å². The van der Waals surface area contributed by atoms with E-state index in [1.807, 2.05) is 0 Å². The number of anilines is 1. The molecule has 0 spiro atoms. The Kier molecular flexibility index (Phi) is 5.73. The number of phenolic OH excluding ortho intramolecular Hbond substituents is 1. The fourth-order valence-electron chi connectivity index (χ4n) is 2.06. The first-order valence-electron chi connectivity index (χ1n) is 7.52. The number of phenols is 1. The number of sulfone groups is 1. The van der Waals surface area contributed by atoms with E-state index in [1.165, 1.54) is 49.4 Å². The van der Waals surface area contributed by atoms with Crippen molar-refractivity contribution in [3.8, 4) is 5.75 Å². The fourth-order valence-corrected chi connectivity index (χ4v) is 2.97. The van der Waals surface area contributed by atoms with Crippen molar-refractivity contribution in [1.82, 2.24) is 0 Å². The molecule has 26 heavy (non-hydrogen) atoms. The van der Waals surface area contributed by atoms with Crippen molar-refractivity contribution in [2.24, 2.45) is 0 Å². The molecule has 0 bridgehead atoms. The second-order valence-electron chi connectivity index (χ2n) is 5.26. The minimum absolute atomic E-state index is 0.0178. The summed E-state index contributed by atoms with van der Waals surface area (Å²) in [5, 5.41) is 22.9. The zero-order valence-corrected chi connectivity index (χ0v) is 14.6. The Balaban J connectivity index is 2.19. The van der Waals surface area contributed by atoms with Gasteiger partial charge in [0.1, 0.15) is 5.75 Å². The van der Waals surface area contributed by atoms with Gasteiger partial charge in [-0.3, -0.25) is 14.9 Å². The molecule has 8 nitrogen and oxygen atoms in total. The number of nitrogens with one attached hydrogen (secondary N) is 1. The van der Waals surface area contributed by atoms with Crippen LogP contribution in [0.5, 0.6) is 5.75 Å². The monoisotopic (exact) mass is 376 g/mol. The Hall–Kier alpha value is -3.20. The van der Waals surface area contributed by atoms with Crippen molar-refractivity contribution in [2.45, 2.75) is 11.8 Å². The lowest BCUT2D eigenvalue weighted by atomic mass is 10.2. The van der Waals surface area contributed by atoms with Gasteiger partial charge in [0.05, 0.1) is 21.3 Å². The largest absolute Gasteiger partial charge is 0.506 e. The highest BCUT2D eigenvalue weighted by Crippen LogP contribution is 2.27. The van der Waals surface area contributed by atoms with Gasteiger partial charge in [-0.05, 0) is 29.8 Å². The zero-order valence-electron chi connectivity index (χ0n) is 13.7. The Bertz CT molecular complexity index is 982. The van der Waals surface area contributed by atoms with E-state index >= 15 is 0 Å². The summed E-state index contributed by atoms with van der Waals surface area (Å²) < 4.78 is 23.8. The minimum atomic E-state index is -3.49. The molecule has 0 atom stereocenters. The standard InChI is InChI=1S/C17H16N2O6S/c1-2-26(24,25)14-7-8-16(20)15(11-14)18-17(21)9-6-12-4-3-5-13(10-12)19(22)23/h3-11,20H,2H2,1H3,(H,18,21). The van der Waals surface area contributed by atoms with Gasteiger partial charge in [-0.25, -0.2) is 8.42 Å². The van der Waals surface area contributed by atoms with E-state index in [1.54, 1.807) is 6.07 Å². The van der Waals surface area contributed by atoms with Crippen LogP contribution in [0.4, 0.5) is 11.4 Å². The molecule has 2 rings (SSSR count). The molecule has 0 aliphatic rings. The first-order valence-corrected chi connectivity index (χ1v) is 9.17. The number of nitro benzene ring substituents is 1. The number of hydrogen-bond acceptors (Lipinski definition) is 6. The Morgan fingerprint density at radius 3 is 2.65 bits per heavy atom. The molecule has 0 fully saturated rings. The highest BCUT2D eigenvalue weighted by atomic mass is 32.2. The number of non-ortho nitro benzene ring substituents is 1. The van der Waals surface area contributed by atoms with Crippen LogP contribution in [0, 0.1) is 10.1 Å². The summed E-state index contributed by atoms with van der Waals surface area (Å²) in [6, 6.07) is 9.31. The molecule has 0 saturated heterocycles. The summed E-state index contributed by atoms with van der Waals surface area (Å²) in [6.45, 7) is 1.49. The Morgan fingerprint density at radius 2 is 2.00 bits per heavy atom. The number of benzene rings is 2. The summed E-state index contributed by atoms with van der Waals surface area (Å²) in [5.74, 6) is -1.02. The third-order valence-electron chi connectivity index (χ3n) is 3.47. The molecule has 2 N–H and O–H groups in total. The molecule has 0 aliphatic heterocycles. The van der Waals surface area contributed by atoms with Gasteiger partial charge in [0.2, 0.25) is 5.91 Å². The highest BCUT2D eigenvalue weighted by Gasteiger charge is 2.14. The number of nitrogens with zero attached hydrogens (tertiary/aromatic N) is 1. The minimum Gasteiger partial charge on any atom is -0.506 e. The Labute approximate surface area is 149 Å². The van der Waals surface area contributed by atoms with Crippen molar-refractivity contribution in [3.05, 3.63) is 64.2 Å². The average molecular weight is 376 g/mol. The van der Waals surface area contributed by atoms with Crippen LogP contribution in [-0.2, 0) is 14.6 Å². The number of carbonyl (C=O) groups excluding carboxylic acids is 1. The molecule has 2 aromatic carbocycles. The fraction of sp³-hybridized carbons (Fsp3) is 0.118. The smallest absolute Gasteiger partial charge is 0.270 e. The molecule has 0 unspecified atom stereocenters. The lowest BCUT2D eigenvalue weighted by Gasteiger charge is -2.08. The van der Waals surface area contributed by atoms with Gasteiger partial charge in [0, 0.05) is 18.2 Å². The summed E-state index contributed by atoms with van der Waals surface area (Å²) in [5.41, 5.74) is 0.289. The van der Waals surface area contributed by atoms with Gasteiger partial charge >= 0.3 is 0 Å². The number of amides is 1. The number of hydrogen-bond donors (Lipinski definition) is 2. The second-order valence-corrected chi connectivity index (χ2v) is 7.54. The SMILES string of the molecule is CCS(=O)(=O)c1ccc(O)c(NC(=O)C=Cc2cccc([N+](=O)[O-])c2)c1. The summed E-state index contributed by atoms with van der Waals surface area (Å²) in [6.07, 6.45) is 2.49. The van der Waals surface area contributed by atoms with Crippen LogP contribution in [-0.4, -0.2) is 30.1 Å². The molecule has 9 heteroatoms. The topological polar surface area (TPSA) is 127 Å². The van der Waals surface area contributed by atoms with E-state index < -0.39 is 20.7 Å². The molecular weight excluding hydrogens is 360 g/mol. The molecule has 0 radical (unpaired) electrons. The van der Waals surface area contributed by atoms with E-state index in [4.69, 9.17) is 0 Å². The van der Waals surface area contributed by atoms with E-state index in [-0.39, 0.29) is 27.8 Å². The predicted octanol–water partition coefficient (Wildman–Crippen LogP) is 2.75. The summed E-state index contributed by atoms with van der Waals surface area (Å²) in [7, 11) is -3.49. The quantitative estimate of drug-likeness (QED) is 0.345. The number of nitro groups is 1. The maximum atomic E-state index is 12.0. The molecule has 0 heterocycles. The lowest BCUT2D eigenvalue weighted by molar-refractivity contribution is -0.384. The van der Waals surface area contributed by atoms with Crippen molar-refractivity contribution < 1.29 is 23.2 Å². The van der Waals surface area contributed by atoms with E-state index in [9.17, 15) is 28.4 Å². The van der Waals surface area contributed by atoms with Gasteiger partial charge < -0.3 is 10.4 Å². The summed E-state index contributed by atoms with van der Waals surface area (Å²) >= 11 is 0. The zero-order chi connectivity index (χ0) is 19.3. The molecule has 2 aromatic rings. The number of carbonyl (C=O) groups is 1. The Morgan fingerprint density at radius 1 is 1.27 bits per heavy atom. The first kappa shape index (κ1) is 19.1. The van der Waals surface area contributed by atoms with Crippen LogP contribution >= 0.6 is 0 Å². The third-order valence-corrected chi connectivity index (χ3v) is 5.21. The molecule has 0 aliphatic carbocycles. The van der Waals surface area contributed by atoms with Gasteiger partial charge in [-0.2, -0.15) is 0 Å². The summed E-state index contributed by atoms with van der Waals surface area (Å²) in [4.78, 5) is 22.2. The average Bonchev–Trinajstić information content (AvgIpc) is 2.62.